The van der Waals surface area contributed by atoms with Crippen LogP contribution in [0.4, 0.5) is 0 Å². The number of hydrogen-bond acceptors (Lipinski definition) is 4. The number of ether oxygens (including phenoxy) is 2. The van der Waals surface area contributed by atoms with Gasteiger partial charge >= 0.3 is 0 Å². The largest absolute Gasteiger partial charge is 0.493 e. The fraction of sp³-hybridized carbons (Fsp3) is 0.308. The molecular formula is C13H17N3O2. The number of rotatable bonds is 6. The summed E-state index contributed by atoms with van der Waals surface area (Å²) in [5, 5.41) is 3.30. The van der Waals surface area contributed by atoms with Gasteiger partial charge in [-0.2, -0.15) is 0 Å². The van der Waals surface area contributed by atoms with E-state index in [1.165, 1.54) is 0 Å². The van der Waals surface area contributed by atoms with Crippen molar-refractivity contribution >= 4 is 0 Å². The number of aromatic amines is 1. The molecule has 2 aromatic rings. The van der Waals surface area contributed by atoms with Gasteiger partial charge in [-0.05, 0) is 17.7 Å². The van der Waals surface area contributed by atoms with Crippen LogP contribution in [0.25, 0.3) is 0 Å². The maximum absolute atomic E-state index is 5.26. The SMILES string of the molecule is COc1ccc(CNCc2ncc[nH]2)cc1OC. The first-order chi connectivity index (χ1) is 8.83. The molecule has 0 atom stereocenters. The number of nitrogens with zero attached hydrogens (tertiary/aromatic N) is 1. The number of nitrogens with one attached hydrogen (secondary N) is 2. The first kappa shape index (κ1) is 12.4. The highest BCUT2D eigenvalue weighted by atomic mass is 16.5. The van der Waals surface area contributed by atoms with Crippen molar-refractivity contribution in [1.29, 1.82) is 0 Å². The van der Waals surface area contributed by atoms with Crippen molar-refractivity contribution in [2.24, 2.45) is 0 Å². The molecule has 0 fully saturated rings. The molecule has 18 heavy (non-hydrogen) atoms. The first-order valence-electron chi connectivity index (χ1n) is 5.73. The number of hydrogen-bond donors (Lipinski definition) is 2. The highest BCUT2D eigenvalue weighted by Crippen LogP contribution is 2.27. The summed E-state index contributed by atoms with van der Waals surface area (Å²) in [6, 6.07) is 5.88. The zero-order valence-corrected chi connectivity index (χ0v) is 10.6. The van der Waals surface area contributed by atoms with Crippen LogP contribution in [0, 0.1) is 0 Å². The summed E-state index contributed by atoms with van der Waals surface area (Å²) in [5.41, 5.74) is 1.14. The molecule has 0 saturated carbocycles. The van der Waals surface area contributed by atoms with Crippen LogP contribution in [0.5, 0.6) is 11.5 Å². The molecule has 0 aliphatic carbocycles. The van der Waals surface area contributed by atoms with E-state index in [2.05, 4.69) is 15.3 Å². The Morgan fingerprint density at radius 3 is 2.67 bits per heavy atom. The Morgan fingerprint density at radius 1 is 1.17 bits per heavy atom. The second-order valence-corrected chi connectivity index (χ2v) is 3.83. The maximum Gasteiger partial charge on any atom is 0.161 e. The van der Waals surface area contributed by atoms with Crippen molar-refractivity contribution in [2.45, 2.75) is 13.1 Å². The number of H-pyrrole nitrogens is 1. The van der Waals surface area contributed by atoms with Gasteiger partial charge in [-0.15, -0.1) is 0 Å². The summed E-state index contributed by atoms with van der Waals surface area (Å²) in [4.78, 5) is 7.19. The lowest BCUT2D eigenvalue weighted by Crippen LogP contribution is -2.13. The van der Waals surface area contributed by atoms with Crippen LogP contribution in [0.15, 0.2) is 30.6 Å². The number of benzene rings is 1. The van der Waals surface area contributed by atoms with Crippen molar-refractivity contribution in [1.82, 2.24) is 15.3 Å². The third-order valence-electron chi connectivity index (χ3n) is 2.62. The molecule has 0 spiro atoms. The van der Waals surface area contributed by atoms with E-state index < -0.39 is 0 Å². The zero-order chi connectivity index (χ0) is 12.8. The van der Waals surface area contributed by atoms with Crippen LogP contribution in [0.2, 0.25) is 0 Å². The third kappa shape index (κ3) is 3.01. The van der Waals surface area contributed by atoms with E-state index in [0.717, 1.165) is 29.4 Å². The Morgan fingerprint density at radius 2 is 2.00 bits per heavy atom. The second-order valence-electron chi connectivity index (χ2n) is 3.83. The van der Waals surface area contributed by atoms with Gasteiger partial charge in [-0.1, -0.05) is 6.07 Å². The Balaban J connectivity index is 1.93. The minimum Gasteiger partial charge on any atom is -0.493 e. The van der Waals surface area contributed by atoms with E-state index in [0.29, 0.717) is 6.54 Å². The molecule has 0 radical (unpaired) electrons. The maximum atomic E-state index is 5.26. The molecule has 2 N–H and O–H groups in total. The smallest absolute Gasteiger partial charge is 0.161 e. The lowest BCUT2D eigenvalue weighted by atomic mass is 10.2. The normalized spacial score (nSPS) is 10.3. The lowest BCUT2D eigenvalue weighted by Gasteiger charge is -2.09. The van der Waals surface area contributed by atoms with Crippen molar-refractivity contribution < 1.29 is 9.47 Å². The molecule has 2 rings (SSSR count). The molecular weight excluding hydrogens is 230 g/mol. The Bertz CT molecular complexity index is 483. The van der Waals surface area contributed by atoms with E-state index in [9.17, 15) is 0 Å². The minimum absolute atomic E-state index is 0.710. The van der Waals surface area contributed by atoms with Gasteiger partial charge < -0.3 is 19.8 Å². The molecule has 0 unspecified atom stereocenters. The molecule has 0 aliphatic rings. The van der Waals surface area contributed by atoms with Crippen LogP contribution in [0.1, 0.15) is 11.4 Å². The first-order valence-corrected chi connectivity index (χ1v) is 5.73. The van der Waals surface area contributed by atoms with Crippen LogP contribution in [-0.2, 0) is 13.1 Å². The van der Waals surface area contributed by atoms with Crippen molar-refractivity contribution in [3.05, 3.63) is 42.0 Å². The molecule has 0 aliphatic heterocycles. The van der Waals surface area contributed by atoms with Gasteiger partial charge in [-0.3, -0.25) is 0 Å². The van der Waals surface area contributed by atoms with Gasteiger partial charge in [0.15, 0.2) is 11.5 Å². The molecule has 0 saturated heterocycles. The minimum atomic E-state index is 0.710. The second kappa shape index (κ2) is 6.07. The fourth-order valence-corrected chi connectivity index (χ4v) is 1.71. The van der Waals surface area contributed by atoms with Gasteiger partial charge in [0.25, 0.3) is 0 Å². The van der Waals surface area contributed by atoms with Crippen LogP contribution >= 0.6 is 0 Å². The fourth-order valence-electron chi connectivity index (χ4n) is 1.71. The van der Waals surface area contributed by atoms with Crippen molar-refractivity contribution in [3.8, 4) is 11.5 Å². The Kier molecular flexibility index (Phi) is 4.20. The highest BCUT2D eigenvalue weighted by molar-refractivity contribution is 5.42. The highest BCUT2D eigenvalue weighted by Gasteiger charge is 2.04. The molecule has 0 bridgehead atoms. The third-order valence-corrected chi connectivity index (χ3v) is 2.62. The molecule has 1 heterocycles. The molecule has 5 heteroatoms. The average molecular weight is 247 g/mol. The Hall–Kier alpha value is -2.01. The van der Waals surface area contributed by atoms with E-state index in [1.807, 2.05) is 24.4 Å². The van der Waals surface area contributed by atoms with Crippen molar-refractivity contribution in [3.63, 3.8) is 0 Å². The van der Waals surface area contributed by atoms with Gasteiger partial charge in [0.1, 0.15) is 5.82 Å². The van der Waals surface area contributed by atoms with E-state index >= 15 is 0 Å². The van der Waals surface area contributed by atoms with Gasteiger partial charge in [0.2, 0.25) is 0 Å². The summed E-state index contributed by atoms with van der Waals surface area (Å²) < 4.78 is 10.5. The summed E-state index contributed by atoms with van der Waals surface area (Å²) in [7, 11) is 3.27. The Labute approximate surface area is 106 Å². The predicted molar refractivity (Wildman–Crippen MR) is 68.7 cm³/mol. The summed E-state index contributed by atoms with van der Waals surface area (Å²) in [5.74, 6) is 2.41. The van der Waals surface area contributed by atoms with Crippen LogP contribution in [-0.4, -0.2) is 24.2 Å². The molecule has 96 valence electrons. The molecule has 1 aromatic carbocycles. The van der Waals surface area contributed by atoms with Gasteiger partial charge in [0, 0.05) is 18.9 Å². The summed E-state index contributed by atoms with van der Waals surface area (Å²) in [6.45, 7) is 1.46. The van der Waals surface area contributed by atoms with E-state index in [4.69, 9.17) is 9.47 Å². The summed E-state index contributed by atoms with van der Waals surface area (Å²) in [6.07, 6.45) is 3.56. The van der Waals surface area contributed by atoms with E-state index in [-0.39, 0.29) is 0 Å². The zero-order valence-electron chi connectivity index (χ0n) is 10.6. The quantitative estimate of drug-likeness (QED) is 0.816. The average Bonchev–Trinajstić information content (AvgIpc) is 2.91. The van der Waals surface area contributed by atoms with Gasteiger partial charge in [0.05, 0.1) is 20.8 Å². The summed E-state index contributed by atoms with van der Waals surface area (Å²) >= 11 is 0. The standard InChI is InChI=1S/C13H17N3O2/c1-17-11-4-3-10(7-12(11)18-2)8-14-9-13-15-5-6-16-13/h3-7,14H,8-9H2,1-2H3,(H,15,16). The van der Waals surface area contributed by atoms with E-state index in [1.54, 1.807) is 20.4 Å². The van der Waals surface area contributed by atoms with Crippen LogP contribution < -0.4 is 14.8 Å². The number of aromatic nitrogens is 2. The molecule has 1 aromatic heterocycles. The lowest BCUT2D eigenvalue weighted by molar-refractivity contribution is 0.354. The predicted octanol–water partition coefficient (Wildman–Crippen LogP) is 1.72. The monoisotopic (exact) mass is 247 g/mol. The topological polar surface area (TPSA) is 59.2 Å². The van der Waals surface area contributed by atoms with Crippen LogP contribution in [0.3, 0.4) is 0 Å². The van der Waals surface area contributed by atoms with Crippen molar-refractivity contribution in [2.75, 3.05) is 14.2 Å². The number of methoxy groups -OCH3 is 2. The number of imidazole rings is 1. The van der Waals surface area contributed by atoms with Gasteiger partial charge in [-0.25, -0.2) is 4.98 Å². The molecule has 5 nitrogen and oxygen atoms in total. The molecule has 0 amide bonds.